The van der Waals surface area contributed by atoms with Crippen molar-refractivity contribution >= 4 is 15.9 Å². The predicted octanol–water partition coefficient (Wildman–Crippen LogP) is 2.18. The van der Waals surface area contributed by atoms with E-state index in [1.807, 2.05) is 0 Å². The number of ether oxygens (including phenoxy) is 3. The standard InChI is InChI=1S/C20H32N2O6S/c1-26-13-7-12-21-20(23)15-22(16-8-5-4-6-9-16)29(24,25)17-10-11-18(27-2)19(14-17)28-3/h10-11,14,16H,4-9,12-13,15H2,1-3H3,(H,21,23). The lowest BCUT2D eigenvalue weighted by Gasteiger charge is -2.33. The Labute approximate surface area is 173 Å². The van der Waals surface area contributed by atoms with Gasteiger partial charge in [-0.05, 0) is 31.4 Å². The van der Waals surface area contributed by atoms with Gasteiger partial charge in [-0.1, -0.05) is 19.3 Å². The van der Waals surface area contributed by atoms with Crippen molar-refractivity contribution in [2.45, 2.75) is 49.5 Å². The van der Waals surface area contributed by atoms with E-state index in [0.29, 0.717) is 31.1 Å². The molecule has 0 aliphatic heterocycles. The van der Waals surface area contributed by atoms with Gasteiger partial charge in [-0.25, -0.2) is 8.42 Å². The quantitative estimate of drug-likeness (QED) is 0.543. The van der Waals surface area contributed by atoms with Crippen molar-refractivity contribution in [2.75, 3.05) is 41.0 Å². The molecule has 0 radical (unpaired) electrons. The van der Waals surface area contributed by atoms with Gasteiger partial charge in [0.2, 0.25) is 15.9 Å². The van der Waals surface area contributed by atoms with Gasteiger partial charge in [0.15, 0.2) is 11.5 Å². The van der Waals surface area contributed by atoms with Crippen molar-refractivity contribution < 1.29 is 27.4 Å². The second-order valence-corrected chi connectivity index (χ2v) is 8.95. The number of methoxy groups -OCH3 is 3. The smallest absolute Gasteiger partial charge is 0.243 e. The topological polar surface area (TPSA) is 94.2 Å². The van der Waals surface area contributed by atoms with E-state index in [1.165, 1.54) is 30.7 Å². The van der Waals surface area contributed by atoms with Crippen LogP contribution < -0.4 is 14.8 Å². The van der Waals surface area contributed by atoms with Crippen LogP contribution in [-0.4, -0.2) is 65.7 Å². The molecule has 8 nitrogen and oxygen atoms in total. The van der Waals surface area contributed by atoms with Gasteiger partial charge in [0.25, 0.3) is 0 Å². The van der Waals surface area contributed by atoms with Crippen LogP contribution in [-0.2, 0) is 19.6 Å². The molecule has 1 amide bonds. The maximum Gasteiger partial charge on any atom is 0.243 e. The van der Waals surface area contributed by atoms with Gasteiger partial charge < -0.3 is 19.5 Å². The van der Waals surface area contributed by atoms with Crippen LogP contribution >= 0.6 is 0 Å². The van der Waals surface area contributed by atoms with Gasteiger partial charge in [0.1, 0.15) is 0 Å². The van der Waals surface area contributed by atoms with Crippen LogP contribution in [0.4, 0.5) is 0 Å². The molecule has 1 aromatic carbocycles. The fourth-order valence-corrected chi connectivity index (χ4v) is 5.19. The molecule has 1 aliphatic rings. The molecule has 1 N–H and O–H groups in total. The zero-order chi connectivity index (χ0) is 21.3. The normalized spacial score (nSPS) is 15.3. The van der Waals surface area contributed by atoms with E-state index in [0.717, 1.165) is 32.1 Å². The highest BCUT2D eigenvalue weighted by Gasteiger charge is 2.34. The van der Waals surface area contributed by atoms with Crippen LogP contribution in [0.15, 0.2) is 23.1 Å². The molecular weight excluding hydrogens is 396 g/mol. The molecule has 1 aromatic rings. The van der Waals surface area contributed by atoms with Crippen molar-refractivity contribution in [3.63, 3.8) is 0 Å². The van der Waals surface area contributed by atoms with Gasteiger partial charge in [-0.15, -0.1) is 0 Å². The molecule has 164 valence electrons. The van der Waals surface area contributed by atoms with Crippen LogP contribution in [0, 0.1) is 0 Å². The predicted molar refractivity (Wildman–Crippen MR) is 110 cm³/mol. The summed E-state index contributed by atoms with van der Waals surface area (Å²) in [6.45, 7) is 0.784. The average Bonchev–Trinajstić information content (AvgIpc) is 2.75. The summed E-state index contributed by atoms with van der Waals surface area (Å²) in [6, 6.07) is 4.31. The summed E-state index contributed by atoms with van der Waals surface area (Å²) < 4.78 is 43.7. The van der Waals surface area contributed by atoms with Crippen molar-refractivity contribution in [1.29, 1.82) is 0 Å². The highest BCUT2D eigenvalue weighted by atomic mass is 32.2. The Morgan fingerprint density at radius 2 is 1.79 bits per heavy atom. The average molecular weight is 429 g/mol. The number of sulfonamides is 1. The molecule has 0 spiro atoms. The number of amides is 1. The molecule has 1 aliphatic carbocycles. The lowest BCUT2D eigenvalue weighted by molar-refractivity contribution is -0.121. The summed E-state index contributed by atoms with van der Waals surface area (Å²) in [7, 11) is 0.676. The van der Waals surface area contributed by atoms with Crippen LogP contribution in [0.1, 0.15) is 38.5 Å². The third-order valence-electron chi connectivity index (χ3n) is 5.09. The molecule has 2 rings (SSSR count). The third-order valence-corrected chi connectivity index (χ3v) is 6.98. The molecule has 0 aromatic heterocycles. The zero-order valence-corrected chi connectivity index (χ0v) is 18.3. The van der Waals surface area contributed by atoms with Crippen LogP contribution in [0.2, 0.25) is 0 Å². The first kappa shape index (κ1) is 23.4. The Morgan fingerprint density at radius 3 is 2.41 bits per heavy atom. The molecule has 1 fully saturated rings. The molecule has 0 saturated heterocycles. The maximum absolute atomic E-state index is 13.4. The van der Waals surface area contributed by atoms with Gasteiger partial charge in [0, 0.05) is 32.4 Å². The van der Waals surface area contributed by atoms with E-state index in [9.17, 15) is 13.2 Å². The Balaban J connectivity index is 2.25. The lowest BCUT2D eigenvalue weighted by Crippen LogP contribution is -2.47. The first-order valence-electron chi connectivity index (χ1n) is 9.93. The van der Waals surface area contributed by atoms with Crippen molar-refractivity contribution in [3.05, 3.63) is 18.2 Å². The Bertz CT molecular complexity index is 762. The minimum Gasteiger partial charge on any atom is -0.493 e. The Kier molecular flexibility index (Phi) is 9.19. The van der Waals surface area contributed by atoms with Gasteiger partial charge in [0.05, 0.1) is 25.7 Å². The molecule has 0 atom stereocenters. The molecular formula is C20H32N2O6S. The monoisotopic (exact) mass is 428 g/mol. The number of benzene rings is 1. The first-order chi connectivity index (χ1) is 13.9. The summed E-state index contributed by atoms with van der Waals surface area (Å²) in [5, 5.41) is 2.78. The van der Waals surface area contributed by atoms with Crippen molar-refractivity contribution in [1.82, 2.24) is 9.62 Å². The summed E-state index contributed by atoms with van der Waals surface area (Å²) in [5.74, 6) is 0.475. The maximum atomic E-state index is 13.4. The lowest BCUT2D eigenvalue weighted by atomic mass is 9.95. The summed E-state index contributed by atoms with van der Waals surface area (Å²) in [6.07, 6.45) is 5.18. The molecule has 9 heteroatoms. The van der Waals surface area contributed by atoms with Crippen molar-refractivity contribution in [2.24, 2.45) is 0 Å². The number of nitrogens with one attached hydrogen (secondary N) is 1. The van der Waals surface area contributed by atoms with Gasteiger partial charge in [-0.2, -0.15) is 4.31 Å². The minimum absolute atomic E-state index is 0.0907. The highest BCUT2D eigenvalue weighted by Crippen LogP contribution is 2.33. The number of carbonyl (C=O) groups excluding carboxylic acids is 1. The number of nitrogens with zero attached hydrogens (tertiary/aromatic N) is 1. The minimum atomic E-state index is -3.88. The van der Waals surface area contributed by atoms with Gasteiger partial charge in [-0.3, -0.25) is 4.79 Å². The van der Waals surface area contributed by atoms with Gasteiger partial charge >= 0.3 is 0 Å². The summed E-state index contributed by atoms with van der Waals surface area (Å²) in [4.78, 5) is 12.5. The number of hydrogen-bond donors (Lipinski definition) is 1. The van der Waals surface area contributed by atoms with E-state index in [2.05, 4.69) is 5.32 Å². The number of hydrogen-bond acceptors (Lipinski definition) is 6. The highest BCUT2D eigenvalue weighted by molar-refractivity contribution is 7.89. The molecule has 29 heavy (non-hydrogen) atoms. The second kappa shape index (κ2) is 11.4. The van der Waals surface area contributed by atoms with E-state index < -0.39 is 10.0 Å². The van der Waals surface area contributed by atoms with E-state index in [1.54, 1.807) is 13.2 Å². The Morgan fingerprint density at radius 1 is 1.10 bits per heavy atom. The zero-order valence-electron chi connectivity index (χ0n) is 17.5. The fourth-order valence-electron chi connectivity index (χ4n) is 3.53. The van der Waals surface area contributed by atoms with E-state index in [-0.39, 0.29) is 23.4 Å². The number of rotatable bonds is 11. The van der Waals surface area contributed by atoms with Crippen LogP contribution in [0.5, 0.6) is 11.5 Å². The second-order valence-electron chi connectivity index (χ2n) is 7.06. The fraction of sp³-hybridized carbons (Fsp3) is 0.650. The molecule has 1 saturated carbocycles. The summed E-state index contributed by atoms with van der Waals surface area (Å²) >= 11 is 0. The third kappa shape index (κ3) is 6.32. The SMILES string of the molecule is COCCCNC(=O)CN(C1CCCCC1)S(=O)(=O)c1ccc(OC)c(OC)c1. The largest absolute Gasteiger partial charge is 0.493 e. The van der Waals surface area contributed by atoms with Crippen LogP contribution in [0.3, 0.4) is 0 Å². The number of carbonyl (C=O) groups is 1. The molecule has 0 bridgehead atoms. The molecule has 0 heterocycles. The van der Waals surface area contributed by atoms with E-state index in [4.69, 9.17) is 14.2 Å². The molecule has 0 unspecified atom stereocenters. The van der Waals surface area contributed by atoms with Crippen LogP contribution in [0.25, 0.3) is 0 Å². The van der Waals surface area contributed by atoms with Crippen molar-refractivity contribution in [3.8, 4) is 11.5 Å². The van der Waals surface area contributed by atoms with E-state index >= 15 is 0 Å². The first-order valence-corrected chi connectivity index (χ1v) is 11.4. The Hall–Kier alpha value is -1.84. The summed E-state index contributed by atoms with van der Waals surface area (Å²) in [5.41, 5.74) is 0.